The van der Waals surface area contributed by atoms with E-state index in [1.54, 1.807) is 24.9 Å². The van der Waals surface area contributed by atoms with Gasteiger partial charge in [0.25, 0.3) is 5.91 Å². The Labute approximate surface area is 166 Å². The molecule has 0 radical (unpaired) electrons. The van der Waals surface area contributed by atoms with Crippen molar-refractivity contribution in [3.63, 3.8) is 0 Å². The van der Waals surface area contributed by atoms with E-state index in [2.05, 4.69) is 38.1 Å². The third kappa shape index (κ3) is 3.81. The van der Waals surface area contributed by atoms with Gasteiger partial charge in [0.1, 0.15) is 10.7 Å². The van der Waals surface area contributed by atoms with E-state index < -0.39 is 0 Å². The van der Waals surface area contributed by atoms with Crippen LogP contribution in [0.25, 0.3) is 21.6 Å². The molecule has 1 N–H and O–H groups in total. The molecule has 0 bridgehead atoms. The van der Waals surface area contributed by atoms with Crippen LogP contribution in [-0.2, 0) is 17.8 Å². The molecule has 4 rings (SSSR count). The number of carbonyl (C=O) groups excluding carboxylic acids is 1. The molecule has 1 aromatic carbocycles. The van der Waals surface area contributed by atoms with Gasteiger partial charge in [-0.3, -0.25) is 9.78 Å². The first kappa shape index (κ1) is 18.3. The van der Waals surface area contributed by atoms with Crippen molar-refractivity contribution in [3.8, 4) is 10.7 Å². The number of nitrogens with one attached hydrogen (secondary N) is 1. The van der Waals surface area contributed by atoms with Gasteiger partial charge in [-0.1, -0.05) is 18.2 Å². The quantitative estimate of drug-likeness (QED) is 0.520. The van der Waals surface area contributed by atoms with Crippen LogP contribution in [0.5, 0.6) is 0 Å². The third-order valence-electron chi connectivity index (χ3n) is 4.49. The van der Waals surface area contributed by atoms with Crippen LogP contribution in [0, 0.1) is 0 Å². The van der Waals surface area contributed by atoms with E-state index in [0.29, 0.717) is 18.8 Å². The molecule has 0 aliphatic rings. The maximum Gasteiger partial charge on any atom is 0.271 e. The fraction of sp³-hybridized carbons (Fsp3) is 0.190. The van der Waals surface area contributed by atoms with Crippen molar-refractivity contribution >= 4 is 28.1 Å². The van der Waals surface area contributed by atoms with Crippen molar-refractivity contribution in [2.24, 2.45) is 0 Å². The van der Waals surface area contributed by atoms with Crippen molar-refractivity contribution in [1.29, 1.82) is 0 Å². The highest BCUT2D eigenvalue weighted by Crippen LogP contribution is 2.30. The van der Waals surface area contributed by atoms with Crippen LogP contribution in [0.15, 0.2) is 60.2 Å². The molecule has 6 nitrogen and oxygen atoms in total. The minimum absolute atomic E-state index is 0.182. The zero-order valence-corrected chi connectivity index (χ0v) is 16.3. The molecule has 3 heterocycles. The second kappa shape index (κ2) is 8.33. The van der Waals surface area contributed by atoms with Gasteiger partial charge in [-0.25, -0.2) is 4.98 Å². The Morgan fingerprint density at radius 1 is 1.21 bits per heavy atom. The molecule has 0 fully saturated rings. The lowest BCUT2D eigenvalue weighted by molar-refractivity contribution is 0.0946. The highest BCUT2D eigenvalue weighted by Gasteiger charge is 2.16. The summed E-state index contributed by atoms with van der Waals surface area (Å²) in [6, 6.07) is 14.1. The van der Waals surface area contributed by atoms with E-state index in [1.165, 1.54) is 11.3 Å². The molecule has 0 saturated heterocycles. The van der Waals surface area contributed by atoms with E-state index in [1.807, 2.05) is 24.3 Å². The van der Waals surface area contributed by atoms with Gasteiger partial charge >= 0.3 is 0 Å². The van der Waals surface area contributed by atoms with Crippen molar-refractivity contribution in [3.05, 3.63) is 71.5 Å². The first-order chi connectivity index (χ1) is 13.8. The molecular formula is C21H20N4O2S. The van der Waals surface area contributed by atoms with Gasteiger partial charge in [0.2, 0.25) is 0 Å². The SMILES string of the molecule is COCCn1c(-c2nc(C(=O)NCc3ccncc3)cs2)cc2ccccc21. The Morgan fingerprint density at radius 2 is 2.04 bits per heavy atom. The van der Waals surface area contributed by atoms with Crippen LogP contribution in [0.2, 0.25) is 0 Å². The molecular weight excluding hydrogens is 372 g/mol. The second-order valence-electron chi connectivity index (χ2n) is 6.31. The average molecular weight is 392 g/mol. The Hall–Kier alpha value is -3.03. The molecule has 7 heteroatoms. The van der Waals surface area contributed by atoms with Gasteiger partial charge in [-0.05, 0) is 29.8 Å². The summed E-state index contributed by atoms with van der Waals surface area (Å²) in [5.74, 6) is -0.182. The second-order valence-corrected chi connectivity index (χ2v) is 7.17. The van der Waals surface area contributed by atoms with Crippen LogP contribution in [0.4, 0.5) is 0 Å². The van der Waals surface area contributed by atoms with Crippen molar-refractivity contribution < 1.29 is 9.53 Å². The molecule has 4 aromatic rings. The van der Waals surface area contributed by atoms with Crippen LogP contribution in [0.1, 0.15) is 16.1 Å². The number of aromatic nitrogens is 3. The number of ether oxygens (including phenoxy) is 1. The Kier molecular flexibility index (Phi) is 5.45. The van der Waals surface area contributed by atoms with Gasteiger partial charge < -0.3 is 14.6 Å². The van der Waals surface area contributed by atoms with Gasteiger partial charge in [-0.2, -0.15) is 0 Å². The van der Waals surface area contributed by atoms with E-state index in [-0.39, 0.29) is 5.91 Å². The van der Waals surface area contributed by atoms with Crippen LogP contribution < -0.4 is 5.32 Å². The summed E-state index contributed by atoms with van der Waals surface area (Å²) >= 11 is 1.47. The molecule has 0 aliphatic heterocycles. The number of amides is 1. The van der Waals surface area contributed by atoms with E-state index >= 15 is 0 Å². The molecule has 0 aliphatic carbocycles. The molecule has 1 amide bonds. The largest absolute Gasteiger partial charge is 0.383 e. The minimum Gasteiger partial charge on any atom is -0.383 e. The smallest absolute Gasteiger partial charge is 0.271 e. The number of rotatable bonds is 7. The molecule has 28 heavy (non-hydrogen) atoms. The van der Waals surface area contributed by atoms with Gasteiger partial charge in [-0.15, -0.1) is 11.3 Å². The summed E-state index contributed by atoms with van der Waals surface area (Å²) in [5, 5.41) is 6.67. The normalized spacial score (nSPS) is 11.0. The number of methoxy groups -OCH3 is 1. The summed E-state index contributed by atoms with van der Waals surface area (Å²) in [4.78, 5) is 21.1. The zero-order valence-electron chi connectivity index (χ0n) is 15.5. The molecule has 0 spiro atoms. The van der Waals surface area contributed by atoms with E-state index in [9.17, 15) is 4.79 Å². The van der Waals surface area contributed by atoms with E-state index in [0.717, 1.165) is 33.7 Å². The molecule has 0 saturated carbocycles. The Bertz CT molecular complexity index is 1090. The van der Waals surface area contributed by atoms with Crippen LogP contribution >= 0.6 is 11.3 Å². The summed E-state index contributed by atoms with van der Waals surface area (Å²) in [6.45, 7) is 1.78. The highest BCUT2D eigenvalue weighted by atomic mass is 32.1. The zero-order chi connectivity index (χ0) is 19.3. The maximum atomic E-state index is 12.5. The van der Waals surface area contributed by atoms with Gasteiger partial charge in [0.15, 0.2) is 0 Å². The van der Waals surface area contributed by atoms with Crippen LogP contribution in [0.3, 0.4) is 0 Å². The van der Waals surface area contributed by atoms with Crippen molar-refractivity contribution in [1.82, 2.24) is 19.9 Å². The lowest BCUT2D eigenvalue weighted by Gasteiger charge is -2.08. The highest BCUT2D eigenvalue weighted by molar-refractivity contribution is 7.13. The number of para-hydroxylation sites is 1. The molecule has 3 aromatic heterocycles. The molecule has 142 valence electrons. The van der Waals surface area contributed by atoms with Gasteiger partial charge in [0, 0.05) is 48.9 Å². The van der Waals surface area contributed by atoms with Crippen molar-refractivity contribution in [2.45, 2.75) is 13.1 Å². The predicted molar refractivity (Wildman–Crippen MR) is 110 cm³/mol. The number of nitrogens with zero attached hydrogens (tertiary/aromatic N) is 3. The summed E-state index contributed by atoms with van der Waals surface area (Å²) < 4.78 is 7.46. The predicted octanol–water partition coefficient (Wildman–Crippen LogP) is 3.74. The number of benzene rings is 1. The van der Waals surface area contributed by atoms with E-state index in [4.69, 9.17) is 4.74 Å². The number of pyridine rings is 1. The monoisotopic (exact) mass is 392 g/mol. The lowest BCUT2D eigenvalue weighted by atomic mass is 10.2. The van der Waals surface area contributed by atoms with Crippen molar-refractivity contribution in [2.75, 3.05) is 13.7 Å². The fourth-order valence-corrected chi connectivity index (χ4v) is 3.90. The number of hydrogen-bond donors (Lipinski definition) is 1. The van der Waals surface area contributed by atoms with Crippen LogP contribution in [-0.4, -0.2) is 34.2 Å². The minimum atomic E-state index is -0.182. The standard InChI is InChI=1S/C21H20N4O2S/c1-27-11-10-25-18-5-3-2-4-16(18)12-19(25)21-24-17(14-28-21)20(26)23-13-15-6-8-22-9-7-15/h2-9,12,14H,10-11,13H2,1H3,(H,23,26). The lowest BCUT2D eigenvalue weighted by Crippen LogP contribution is -2.23. The first-order valence-corrected chi connectivity index (χ1v) is 9.84. The maximum absolute atomic E-state index is 12.5. The summed E-state index contributed by atoms with van der Waals surface area (Å²) in [5.41, 5.74) is 3.56. The first-order valence-electron chi connectivity index (χ1n) is 8.96. The number of hydrogen-bond acceptors (Lipinski definition) is 5. The number of fused-ring (bicyclic) bond motifs is 1. The fourth-order valence-electron chi connectivity index (χ4n) is 3.08. The number of carbonyl (C=O) groups is 1. The summed E-state index contributed by atoms with van der Waals surface area (Å²) in [7, 11) is 1.69. The number of thiazole rings is 1. The topological polar surface area (TPSA) is 69.0 Å². The molecule has 0 unspecified atom stereocenters. The van der Waals surface area contributed by atoms with Gasteiger partial charge in [0.05, 0.1) is 12.3 Å². The third-order valence-corrected chi connectivity index (χ3v) is 5.35. The molecule has 0 atom stereocenters. The Morgan fingerprint density at radius 3 is 2.86 bits per heavy atom. The Balaban J connectivity index is 1.57. The summed E-state index contributed by atoms with van der Waals surface area (Å²) in [6.07, 6.45) is 3.42. The average Bonchev–Trinajstić information content (AvgIpc) is 3.36.